The van der Waals surface area contributed by atoms with E-state index in [4.69, 9.17) is 10.5 Å². The van der Waals surface area contributed by atoms with Gasteiger partial charge >= 0.3 is 6.09 Å². The van der Waals surface area contributed by atoms with Crippen molar-refractivity contribution < 1.29 is 19.1 Å². The van der Waals surface area contributed by atoms with Crippen LogP contribution < -0.4 is 20.9 Å². The van der Waals surface area contributed by atoms with Gasteiger partial charge in [0.1, 0.15) is 11.4 Å². The fraction of sp³-hybridized carbons (Fsp3) is 0.417. The van der Waals surface area contributed by atoms with E-state index in [2.05, 4.69) is 30.9 Å². The van der Waals surface area contributed by atoms with Gasteiger partial charge in [0.2, 0.25) is 11.7 Å². The summed E-state index contributed by atoms with van der Waals surface area (Å²) in [5.41, 5.74) is 9.90. The minimum absolute atomic E-state index is 0.207. The molecule has 258 valence electrons. The highest BCUT2D eigenvalue weighted by molar-refractivity contribution is 6.17. The molecule has 2 aromatic heterocycles. The van der Waals surface area contributed by atoms with Crippen molar-refractivity contribution in [2.24, 2.45) is 17.6 Å². The number of hydrogen-bond acceptors (Lipinski definition) is 10. The summed E-state index contributed by atoms with van der Waals surface area (Å²) in [6, 6.07) is 17.7. The Morgan fingerprint density at radius 2 is 1.69 bits per heavy atom. The van der Waals surface area contributed by atoms with Gasteiger partial charge in [-0.1, -0.05) is 24.3 Å². The fourth-order valence-corrected chi connectivity index (χ4v) is 5.95. The zero-order valence-corrected chi connectivity index (χ0v) is 28.7. The lowest BCUT2D eigenvalue weighted by Crippen LogP contribution is -2.50. The molecule has 4 N–H and O–H groups in total. The molecule has 13 nitrogen and oxygen atoms in total. The number of pyridine rings is 1. The lowest BCUT2D eigenvalue weighted by molar-refractivity contribution is -0.130. The van der Waals surface area contributed by atoms with E-state index >= 15 is 0 Å². The summed E-state index contributed by atoms with van der Waals surface area (Å²) in [4.78, 5) is 48.1. The Balaban J connectivity index is 1.30. The second-order valence-corrected chi connectivity index (χ2v) is 13.7. The van der Waals surface area contributed by atoms with Crippen LogP contribution in [0.4, 0.5) is 16.3 Å². The van der Waals surface area contributed by atoms with E-state index in [9.17, 15) is 14.4 Å². The molecule has 0 bridgehead atoms. The van der Waals surface area contributed by atoms with E-state index in [1.807, 2.05) is 82.4 Å². The van der Waals surface area contributed by atoms with Crippen LogP contribution in [0.1, 0.15) is 52.0 Å². The Morgan fingerprint density at radius 3 is 2.31 bits per heavy atom. The molecule has 5 rings (SSSR count). The third-order valence-corrected chi connectivity index (χ3v) is 8.54. The second-order valence-electron chi connectivity index (χ2n) is 13.7. The van der Waals surface area contributed by atoms with Crippen LogP contribution in [0.2, 0.25) is 0 Å². The number of anilines is 2. The van der Waals surface area contributed by atoms with Crippen LogP contribution >= 0.6 is 0 Å². The fourth-order valence-electron chi connectivity index (χ4n) is 5.95. The highest BCUT2D eigenvalue weighted by atomic mass is 16.6. The van der Waals surface area contributed by atoms with Gasteiger partial charge in [-0.3, -0.25) is 9.59 Å². The second kappa shape index (κ2) is 15.4. The Bertz CT molecular complexity index is 1710. The Hall–Kier alpha value is -5.17. The molecule has 0 unspecified atom stereocenters. The first-order valence-corrected chi connectivity index (χ1v) is 16.5. The number of aromatic amines is 1. The van der Waals surface area contributed by atoms with Crippen molar-refractivity contribution in [3.63, 3.8) is 0 Å². The first kappa shape index (κ1) is 35.1. The maximum atomic E-state index is 14.2. The van der Waals surface area contributed by atoms with Gasteiger partial charge in [0.15, 0.2) is 0 Å². The molecule has 4 aromatic rings. The quantitative estimate of drug-likeness (QED) is 0.214. The zero-order chi connectivity index (χ0) is 35.1. The number of nitrogens with zero attached hydrogens (tertiary/aromatic N) is 6. The number of imide groups is 1. The summed E-state index contributed by atoms with van der Waals surface area (Å²) in [7, 11) is 3.88. The van der Waals surface area contributed by atoms with Crippen molar-refractivity contribution >= 4 is 29.4 Å². The zero-order valence-electron chi connectivity index (χ0n) is 28.7. The molecule has 1 atom stereocenters. The molecule has 2 heterocycles. The van der Waals surface area contributed by atoms with Gasteiger partial charge in [-0.2, -0.15) is 5.21 Å². The number of alkyl carbamates (subject to hydrolysis) is 1. The predicted molar refractivity (Wildman–Crippen MR) is 187 cm³/mol. The van der Waals surface area contributed by atoms with Gasteiger partial charge in [-0.25, -0.2) is 14.7 Å². The number of carbonyl (C=O) groups excluding carboxylic acids is 3. The largest absolute Gasteiger partial charge is 0.444 e. The molecule has 0 radical (unpaired) electrons. The average Bonchev–Trinajstić information content (AvgIpc) is 3.63. The van der Waals surface area contributed by atoms with E-state index in [1.54, 1.807) is 24.3 Å². The van der Waals surface area contributed by atoms with Crippen molar-refractivity contribution in [2.45, 2.75) is 64.5 Å². The van der Waals surface area contributed by atoms with Gasteiger partial charge in [0.05, 0.1) is 11.7 Å². The third-order valence-electron chi connectivity index (χ3n) is 8.54. The molecule has 0 spiro atoms. The van der Waals surface area contributed by atoms with Gasteiger partial charge in [0, 0.05) is 43.9 Å². The number of tetrazole rings is 1. The summed E-state index contributed by atoms with van der Waals surface area (Å²) in [5.74, 6) is 0.330. The predicted octanol–water partition coefficient (Wildman–Crippen LogP) is 4.76. The van der Waals surface area contributed by atoms with E-state index in [-0.39, 0.29) is 24.2 Å². The molecule has 3 amide bonds. The first-order valence-electron chi connectivity index (χ1n) is 16.5. The Morgan fingerprint density at radius 1 is 0.980 bits per heavy atom. The minimum atomic E-state index is -0.973. The highest BCUT2D eigenvalue weighted by Crippen LogP contribution is 2.32. The summed E-state index contributed by atoms with van der Waals surface area (Å²) >= 11 is 0. The van der Waals surface area contributed by atoms with Crippen molar-refractivity contribution in [1.29, 1.82) is 0 Å². The molecule has 1 aliphatic rings. The molecule has 0 saturated heterocycles. The lowest BCUT2D eigenvalue weighted by atomic mass is 9.81. The van der Waals surface area contributed by atoms with Crippen molar-refractivity contribution in [3.8, 4) is 22.5 Å². The van der Waals surface area contributed by atoms with E-state index in [0.29, 0.717) is 36.5 Å². The molecule has 13 heteroatoms. The van der Waals surface area contributed by atoms with Gasteiger partial charge in [-0.15, -0.1) is 10.2 Å². The number of nitrogens with two attached hydrogens (primary N) is 1. The number of nitrogens with one attached hydrogen (secondary N) is 2. The number of carbonyl (C=O) groups is 3. The van der Waals surface area contributed by atoms with Crippen molar-refractivity contribution in [2.75, 3.05) is 30.4 Å². The van der Waals surface area contributed by atoms with Crippen LogP contribution in [0.5, 0.6) is 0 Å². The van der Waals surface area contributed by atoms with Crippen LogP contribution in [0.25, 0.3) is 22.5 Å². The molecule has 0 aliphatic heterocycles. The molecule has 1 fully saturated rings. The van der Waals surface area contributed by atoms with Crippen LogP contribution in [0.3, 0.4) is 0 Å². The lowest BCUT2D eigenvalue weighted by Gasteiger charge is -2.32. The Kier molecular flexibility index (Phi) is 11.0. The summed E-state index contributed by atoms with van der Waals surface area (Å²) in [6.45, 7) is 5.93. The molecule has 49 heavy (non-hydrogen) atoms. The number of amides is 3. The summed E-state index contributed by atoms with van der Waals surface area (Å²) in [5, 5.41) is 16.9. The number of ether oxygens (including phenoxy) is 1. The molecule has 1 aliphatic carbocycles. The van der Waals surface area contributed by atoms with Crippen LogP contribution in [0, 0.1) is 11.8 Å². The highest BCUT2D eigenvalue weighted by Gasteiger charge is 2.35. The summed E-state index contributed by atoms with van der Waals surface area (Å²) < 4.78 is 5.36. The van der Waals surface area contributed by atoms with Crippen LogP contribution in [-0.4, -0.2) is 75.8 Å². The van der Waals surface area contributed by atoms with Crippen LogP contribution in [-0.2, 0) is 20.7 Å². The average molecular weight is 668 g/mol. The summed E-state index contributed by atoms with van der Waals surface area (Å²) in [6.07, 6.45) is 4.24. The topological polar surface area (TPSA) is 172 Å². The smallest absolute Gasteiger partial charge is 0.407 e. The van der Waals surface area contributed by atoms with Crippen LogP contribution in [0.15, 0.2) is 66.9 Å². The maximum absolute atomic E-state index is 14.2. The number of hydrogen-bond donors (Lipinski definition) is 3. The third kappa shape index (κ3) is 9.26. The van der Waals surface area contributed by atoms with E-state index < -0.39 is 23.6 Å². The molecular formula is C36H45N9O4. The van der Waals surface area contributed by atoms with Gasteiger partial charge in [0.25, 0.3) is 5.91 Å². The Labute approximate surface area is 286 Å². The van der Waals surface area contributed by atoms with Crippen molar-refractivity contribution in [3.05, 3.63) is 72.4 Å². The van der Waals surface area contributed by atoms with Gasteiger partial charge in [-0.05, 0) is 112 Å². The standard InChI is InChI=1S/C36H45N9O4/c1-36(2,3)49-35(48)39-21-23-9-11-26(12-10-23)33(46)45(29-16-13-25(14-17-29)32-40-42-43-41-32)34(47)30(37)20-24-7-6-8-27(19-24)28-15-18-31(38-22-28)44(4)5/h6-8,13-19,22-23,26,30H,9-12,20-21,37H2,1-5H3,(H,39,48)(H,40,41,42,43)/t23?,26?,30-/m0/s1. The molecule has 1 saturated carbocycles. The number of benzene rings is 2. The normalized spacial score (nSPS) is 16.8. The number of aromatic nitrogens is 5. The number of rotatable bonds is 10. The van der Waals surface area contributed by atoms with Gasteiger partial charge < -0.3 is 20.7 Å². The molecule has 2 aromatic carbocycles. The molecular weight excluding hydrogens is 622 g/mol. The van der Waals surface area contributed by atoms with E-state index in [0.717, 1.165) is 35.3 Å². The minimum Gasteiger partial charge on any atom is -0.444 e. The van der Waals surface area contributed by atoms with Crippen molar-refractivity contribution in [1.82, 2.24) is 30.9 Å². The monoisotopic (exact) mass is 667 g/mol. The van der Waals surface area contributed by atoms with E-state index in [1.165, 1.54) is 4.90 Å². The first-order chi connectivity index (χ1) is 23.4. The maximum Gasteiger partial charge on any atom is 0.407 e. The number of H-pyrrole nitrogens is 1. The SMILES string of the molecule is CN(C)c1ccc(-c2cccc(C[C@H](N)C(=O)N(C(=O)C3CCC(CNC(=O)OC(C)(C)C)CC3)c3ccc(-c4nn[nH]n4)cc3)c2)cn1.